The summed E-state index contributed by atoms with van der Waals surface area (Å²) in [7, 11) is 0. The second kappa shape index (κ2) is 5.98. The third-order valence-electron chi connectivity index (χ3n) is 3.80. The average molecular weight is 239 g/mol. The molecule has 98 valence electrons. The van der Waals surface area contributed by atoms with E-state index in [1.807, 2.05) is 6.92 Å². The molecule has 0 aromatic carbocycles. The lowest BCUT2D eigenvalue weighted by molar-refractivity contribution is -0.111. The summed E-state index contributed by atoms with van der Waals surface area (Å²) >= 11 is 0. The maximum absolute atomic E-state index is 6.02. The summed E-state index contributed by atoms with van der Waals surface area (Å²) in [5, 5.41) is 0. The number of ether oxygens (including phenoxy) is 2. The number of hydrogen-bond donors (Lipinski definition) is 0. The summed E-state index contributed by atoms with van der Waals surface area (Å²) in [6.07, 6.45) is 6.39. The molecule has 0 amide bonds. The Kier molecular flexibility index (Phi) is 4.60. The highest BCUT2D eigenvalue weighted by atomic mass is 16.5. The minimum atomic E-state index is 0.0604. The molecule has 1 aliphatic heterocycles. The molecule has 2 rings (SSSR count). The van der Waals surface area contributed by atoms with E-state index in [1.54, 1.807) is 0 Å². The fourth-order valence-corrected chi connectivity index (χ4v) is 2.94. The van der Waals surface area contributed by atoms with Crippen molar-refractivity contribution < 1.29 is 9.47 Å². The van der Waals surface area contributed by atoms with Crippen LogP contribution in [0.3, 0.4) is 0 Å². The van der Waals surface area contributed by atoms with Gasteiger partial charge in [0.15, 0.2) is 0 Å². The zero-order valence-corrected chi connectivity index (χ0v) is 11.0. The molecule has 0 aromatic heterocycles. The van der Waals surface area contributed by atoms with Crippen LogP contribution < -0.4 is 0 Å². The predicted molar refractivity (Wildman–Crippen MR) is 69.0 cm³/mol. The molecule has 0 radical (unpaired) electrons. The van der Waals surface area contributed by atoms with Crippen LogP contribution >= 0.6 is 0 Å². The Morgan fingerprint density at radius 2 is 2.12 bits per heavy atom. The SMILES string of the molecule is C=C(C)COCCN1CCOC12CCCCC2. The third-order valence-corrected chi connectivity index (χ3v) is 3.80. The van der Waals surface area contributed by atoms with Crippen molar-refractivity contribution in [1.82, 2.24) is 4.90 Å². The molecule has 1 aliphatic carbocycles. The Labute approximate surface area is 105 Å². The summed E-state index contributed by atoms with van der Waals surface area (Å²) in [6, 6.07) is 0. The van der Waals surface area contributed by atoms with E-state index in [2.05, 4.69) is 11.5 Å². The largest absolute Gasteiger partial charge is 0.376 e. The van der Waals surface area contributed by atoms with Crippen LogP contribution in [0.5, 0.6) is 0 Å². The van der Waals surface area contributed by atoms with Gasteiger partial charge in [0, 0.05) is 13.1 Å². The summed E-state index contributed by atoms with van der Waals surface area (Å²) in [6.45, 7) is 10.3. The lowest BCUT2D eigenvalue weighted by Crippen LogP contribution is -2.47. The van der Waals surface area contributed by atoms with Gasteiger partial charge in [-0.3, -0.25) is 4.90 Å². The lowest BCUT2D eigenvalue weighted by atomic mass is 9.91. The summed E-state index contributed by atoms with van der Waals surface area (Å²) in [4.78, 5) is 2.49. The van der Waals surface area contributed by atoms with E-state index in [-0.39, 0.29) is 5.72 Å². The van der Waals surface area contributed by atoms with Gasteiger partial charge < -0.3 is 9.47 Å². The van der Waals surface area contributed by atoms with Crippen LogP contribution in [0, 0.1) is 0 Å². The van der Waals surface area contributed by atoms with Crippen LogP contribution in [0.25, 0.3) is 0 Å². The predicted octanol–water partition coefficient (Wildman–Crippen LogP) is 2.57. The van der Waals surface area contributed by atoms with E-state index in [4.69, 9.17) is 9.47 Å². The molecule has 3 nitrogen and oxygen atoms in total. The Balaban J connectivity index is 1.76. The standard InChI is InChI=1S/C14H25NO2/c1-13(2)12-16-10-8-15-9-11-17-14(15)6-4-3-5-7-14/h1,3-12H2,2H3. The Hall–Kier alpha value is -0.380. The van der Waals surface area contributed by atoms with E-state index in [1.165, 1.54) is 32.1 Å². The molecule has 1 saturated heterocycles. The quantitative estimate of drug-likeness (QED) is 0.543. The highest BCUT2D eigenvalue weighted by Gasteiger charge is 2.42. The Bertz CT molecular complexity index is 259. The minimum Gasteiger partial charge on any atom is -0.376 e. The highest BCUT2D eigenvalue weighted by Crippen LogP contribution is 2.37. The van der Waals surface area contributed by atoms with Crippen molar-refractivity contribution in [2.24, 2.45) is 0 Å². The Morgan fingerprint density at radius 3 is 2.82 bits per heavy atom. The maximum atomic E-state index is 6.02. The van der Waals surface area contributed by atoms with Gasteiger partial charge >= 0.3 is 0 Å². The average Bonchev–Trinajstić information content (AvgIpc) is 2.68. The van der Waals surface area contributed by atoms with Crippen molar-refractivity contribution in [3.8, 4) is 0 Å². The van der Waals surface area contributed by atoms with Gasteiger partial charge in [-0.15, -0.1) is 0 Å². The van der Waals surface area contributed by atoms with Gasteiger partial charge in [-0.25, -0.2) is 0 Å². The fraction of sp³-hybridized carbons (Fsp3) is 0.857. The molecule has 0 bridgehead atoms. The second-order valence-electron chi connectivity index (χ2n) is 5.35. The van der Waals surface area contributed by atoms with Crippen molar-refractivity contribution >= 4 is 0 Å². The number of hydrogen-bond acceptors (Lipinski definition) is 3. The molecule has 17 heavy (non-hydrogen) atoms. The molecule has 3 heteroatoms. The van der Waals surface area contributed by atoms with Crippen molar-refractivity contribution in [3.63, 3.8) is 0 Å². The Morgan fingerprint density at radius 1 is 1.35 bits per heavy atom. The monoisotopic (exact) mass is 239 g/mol. The summed E-state index contributed by atoms with van der Waals surface area (Å²) in [5.74, 6) is 0. The molecule has 0 unspecified atom stereocenters. The first kappa shape index (κ1) is 13.1. The van der Waals surface area contributed by atoms with Gasteiger partial charge in [-0.2, -0.15) is 0 Å². The normalized spacial score (nSPS) is 24.3. The molecule has 2 fully saturated rings. The van der Waals surface area contributed by atoms with Crippen LogP contribution in [0.15, 0.2) is 12.2 Å². The van der Waals surface area contributed by atoms with Gasteiger partial charge in [0.2, 0.25) is 0 Å². The van der Waals surface area contributed by atoms with Crippen LogP contribution in [0.2, 0.25) is 0 Å². The zero-order valence-electron chi connectivity index (χ0n) is 11.0. The molecule has 1 spiro atoms. The third kappa shape index (κ3) is 3.30. The number of rotatable bonds is 5. The molecule has 0 atom stereocenters. The molecule has 2 aliphatic rings. The van der Waals surface area contributed by atoms with E-state index in [0.717, 1.165) is 31.9 Å². The van der Waals surface area contributed by atoms with Gasteiger partial charge in [0.1, 0.15) is 5.72 Å². The molecule has 1 heterocycles. The van der Waals surface area contributed by atoms with Gasteiger partial charge in [-0.05, 0) is 32.6 Å². The van der Waals surface area contributed by atoms with E-state index in [9.17, 15) is 0 Å². The van der Waals surface area contributed by atoms with Crippen molar-refractivity contribution in [2.45, 2.75) is 44.8 Å². The zero-order chi connectivity index (χ0) is 12.1. The molecular formula is C14H25NO2. The van der Waals surface area contributed by atoms with Gasteiger partial charge in [0.25, 0.3) is 0 Å². The summed E-state index contributed by atoms with van der Waals surface area (Å²) < 4.78 is 11.6. The van der Waals surface area contributed by atoms with E-state index in [0.29, 0.717) is 6.61 Å². The van der Waals surface area contributed by atoms with Crippen LogP contribution in [0.1, 0.15) is 39.0 Å². The van der Waals surface area contributed by atoms with Crippen molar-refractivity contribution in [1.29, 1.82) is 0 Å². The highest BCUT2D eigenvalue weighted by molar-refractivity contribution is 4.90. The van der Waals surface area contributed by atoms with Gasteiger partial charge in [0.05, 0.1) is 19.8 Å². The molecule has 0 aromatic rings. The van der Waals surface area contributed by atoms with Crippen LogP contribution in [-0.2, 0) is 9.47 Å². The van der Waals surface area contributed by atoms with Gasteiger partial charge in [-0.1, -0.05) is 18.6 Å². The first-order valence-electron chi connectivity index (χ1n) is 6.84. The summed E-state index contributed by atoms with van der Waals surface area (Å²) in [5.41, 5.74) is 1.15. The first-order chi connectivity index (χ1) is 8.23. The van der Waals surface area contributed by atoms with E-state index >= 15 is 0 Å². The van der Waals surface area contributed by atoms with Crippen LogP contribution in [0.4, 0.5) is 0 Å². The van der Waals surface area contributed by atoms with Crippen molar-refractivity contribution in [3.05, 3.63) is 12.2 Å². The lowest BCUT2D eigenvalue weighted by Gasteiger charge is -2.40. The fourth-order valence-electron chi connectivity index (χ4n) is 2.94. The smallest absolute Gasteiger partial charge is 0.121 e. The minimum absolute atomic E-state index is 0.0604. The van der Waals surface area contributed by atoms with Crippen LogP contribution in [-0.4, -0.2) is 43.5 Å². The van der Waals surface area contributed by atoms with E-state index < -0.39 is 0 Å². The maximum Gasteiger partial charge on any atom is 0.121 e. The van der Waals surface area contributed by atoms with Crippen molar-refractivity contribution in [2.75, 3.05) is 32.9 Å². The molecule has 0 N–H and O–H groups in total. The first-order valence-corrected chi connectivity index (χ1v) is 6.84. The topological polar surface area (TPSA) is 21.7 Å². The second-order valence-corrected chi connectivity index (χ2v) is 5.35. The molecular weight excluding hydrogens is 214 g/mol. The number of nitrogens with zero attached hydrogens (tertiary/aromatic N) is 1. The molecule has 1 saturated carbocycles.